The summed E-state index contributed by atoms with van der Waals surface area (Å²) < 4.78 is 7.79. The van der Waals surface area contributed by atoms with Crippen LogP contribution in [0.1, 0.15) is 18.9 Å². The molecule has 1 atom stereocenters. The van der Waals surface area contributed by atoms with E-state index in [-0.39, 0.29) is 28.9 Å². The molecule has 174 valence electrons. The number of likely N-dealkylation sites (tertiary alicyclic amines) is 1. The third-order valence-electron chi connectivity index (χ3n) is 5.85. The lowest BCUT2D eigenvalue weighted by Crippen LogP contribution is -2.40. The standard InChI is InChI=1S/C25H24N6O2.BrH/c1-2-21(32)30-14-6-7-18(15-30)31-25-22(24(26)27-16-28-25)23(29-31)17-10-12-20(13-11-17)33-19-8-4-3-5-9-19;/h2-5,8-13,16,18H,1,6-7,14-15H2,(H2,26,27,28);1H/t18-;/m1./s1. The first kappa shape index (κ1) is 23.4. The maximum atomic E-state index is 12.2. The lowest BCUT2D eigenvalue weighted by atomic mass is 10.1. The van der Waals surface area contributed by atoms with E-state index in [1.807, 2.05) is 59.3 Å². The van der Waals surface area contributed by atoms with Crippen molar-refractivity contribution in [2.45, 2.75) is 18.9 Å². The first-order chi connectivity index (χ1) is 16.1. The van der Waals surface area contributed by atoms with Crippen LogP contribution in [0.2, 0.25) is 0 Å². The lowest BCUT2D eigenvalue weighted by molar-refractivity contribution is -0.127. The smallest absolute Gasteiger partial charge is 0.246 e. The van der Waals surface area contributed by atoms with Crippen molar-refractivity contribution in [1.29, 1.82) is 0 Å². The number of hydrogen-bond donors (Lipinski definition) is 1. The molecule has 4 aromatic rings. The highest BCUT2D eigenvalue weighted by molar-refractivity contribution is 8.93. The Kier molecular flexibility index (Phi) is 6.93. The SMILES string of the molecule is Br.C=CC(=O)N1CCC[C@@H](n2nc(-c3ccc(Oc4ccccc4)cc3)c3c(N)ncnc32)C1. The Morgan fingerprint density at radius 3 is 2.56 bits per heavy atom. The predicted octanol–water partition coefficient (Wildman–Crippen LogP) is 4.80. The van der Waals surface area contributed by atoms with Gasteiger partial charge < -0.3 is 15.4 Å². The van der Waals surface area contributed by atoms with Gasteiger partial charge in [0.15, 0.2) is 5.65 Å². The number of ether oxygens (including phenoxy) is 1. The molecule has 2 N–H and O–H groups in total. The van der Waals surface area contributed by atoms with Crippen LogP contribution in [0.5, 0.6) is 11.5 Å². The number of carbonyl (C=O) groups excluding carboxylic acids is 1. The summed E-state index contributed by atoms with van der Waals surface area (Å²) in [6.45, 7) is 4.88. The molecule has 34 heavy (non-hydrogen) atoms. The zero-order valence-electron chi connectivity index (χ0n) is 18.5. The van der Waals surface area contributed by atoms with Gasteiger partial charge in [-0.15, -0.1) is 17.0 Å². The van der Waals surface area contributed by atoms with Crippen LogP contribution < -0.4 is 10.5 Å². The minimum atomic E-state index is -0.0699. The summed E-state index contributed by atoms with van der Waals surface area (Å²) in [5, 5.41) is 5.62. The number of anilines is 1. The van der Waals surface area contributed by atoms with E-state index in [1.165, 1.54) is 12.4 Å². The molecule has 0 saturated carbocycles. The highest BCUT2D eigenvalue weighted by atomic mass is 79.9. The Morgan fingerprint density at radius 1 is 1.09 bits per heavy atom. The maximum absolute atomic E-state index is 12.2. The topological polar surface area (TPSA) is 99.2 Å². The van der Waals surface area contributed by atoms with Crippen molar-refractivity contribution in [3.05, 3.63) is 73.6 Å². The number of fused-ring (bicyclic) bond motifs is 1. The molecule has 1 saturated heterocycles. The molecule has 0 aliphatic carbocycles. The van der Waals surface area contributed by atoms with Gasteiger partial charge in [0.2, 0.25) is 5.91 Å². The number of nitrogens with zero attached hydrogens (tertiary/aromatic N) is 5. The summed E-state index contributed by atoms with van der Waals surface area (Å²) in [7, 11) is 0. The summed E-state index contributed by atoms with van der Waals surface area (Å²) in [5.74, 6) is 1.80. The molecule has 0 spiro atoms. The van der Waals surface area contributed by atoms with E-state index >= 15 is 0 Å². The molecule has 2 aromatic heterocycles. The molecule has 0 bridgehead atoms. The minimum Gasteiger partial charge on any atom is -0.457 e. The minimum absolute atomic E-state index is 0. The normalized spacial score (nSPS) is 15.5. The number of para-hydroxylation sites is 1. The van der Waals surface area contributed by atoms with Crippen molar-refractivity contribution in [3.8, 4) is 22.8 Å². The van der Waals surface area contributed by atoms with Crippen LogP contribution in [0.4, 0.5) is 5.82 Å². The van der Waals surface area contributed by atoms with Gasteiger partial charge in [-0.2, -0.15) is 5.10 Å². The molecule has 1 amide bonds. The summed E-state index contributed by atoms with van der Waals surface area (Å²) in [6, 6.07) is 17.3. The quantitative estimate of drug-likeness (QED) is 0.379. The molecule has 3 heterocycles. The second kappa shape index (κ2) is 10.0. The van der Waals surface area contributed by atoms with E-state index in [1.54, 1.807) is 4.90 Å². The number of piperidine rings is 1. The van der Waals surface area contributed by atoms with Gasteiger partial charge >= 0.3 is 0 Å². The monoisotopic (exact) mass is 520 g/mol. The first-order valence-corrected chi connectivity index (χ1v) is 10.9. The van der Waals surface area contributed by atoms with Crippen LogP contribution in [-0.4, -0.2) is 43.6 Å². The summed E-state index contributed by atoms with van der Waals surface area (Å²) >= 11 is 0. The number of halogens is 1. The van der Waals surface area contributed by atoms with Gasteiger partial charge in [0.1, 0.15) is 29.3 Å². The van der Waals surface area contributed by atoms with Crippen molar-refractivity contribution in [2.75, 3.05) is 18.8 Å². The molecule has 5 rings (SSSR count). The van der Waals surface area contributed by atoms with Crippen LogP contribution in [-0.2, 0) is 4.79 Å². The third-order valence-corrected chi connectivity index (χ3v) is 5.85. The molecular weight excluding hydrogens is 496 g/mol. The third kappa shape index (κ3) is 4.51. The van der Waals surface area contributed by atoms with Crippen LogP contribution in [0.25, 0.3) is 22.3 Å². The molecule has 2 aromatic carbocycles. The van der Waals surface area contributed by atoms with Crippen molar-refractivity contribution in [1.82, 2.24) is 24.6 Å². The average Bonchev–Trinajstić information content (AvgIpc) is 3.26. The number of carbonyl (C=O) groups is 1. The Bertz CT molecular complexity index is 1310. The molecule has 0 radical (unpaired) electrons. The average molecular weight is 521 g/mol. The van der Waals surface area contributed by atoms with Gasteiger partial charge in [-0.3, -0.25) is 4.79 Å². The summed E-state index contributed by atoms with van der Waals surface area (Å²) in [6.07, 6.45) is 4.58. The van der Waals surface area contributed by atoms with Crippen LogP contribution in [0.3, 0.4) is 0 Å². The molecule has 1 aliphatic heterocycles. The van der Waals surface area contributed by atoms with Crippen molar-refractivity contribution < 1.29 is 9.53 Å². The van der Waals surface area contributed by atoms with Gasteiger partial charge in [-0.1, -0.05) is 24.8 Å². The van der Waals surface area contributed by atoms with E-state index in [0.717, 1.165) is 29.9 Å². The molecule has 0 unspecified atom stereocenters. The number of nitrogen functional groups attached to an aromatic ring is 1. The van der Waals surface area contributed by atoms with Crippen LogP contribution >= 0.6 is 17.0 Å². The lowest BCUT2D eigenvalue weighted by Gasteiger charge is -2.32. The fourth-order valence-corrected chi connectivity index (χ4v) is 4.24. The van der Waals surface area contributed by atoms with Gasteiger partial charge in [-0.05, 0) is 55.3 Å². The first-order valence-electron chi connectivity index (χ1n) is 10.9. The fraction of sp³-hybridized carbons (Fsp3) is 0.200. The van der Waals surface area contributed by atoms with Gasteiger partial charge in [-0.25, -0.2) is 14.6 Å². The van der Waals surface area contributed by atoms with Gasteiger partial charge in [0, 0.05) is 18.7 Å². The Labute approximate surface area is 207 Å². The molecule has 9 heteroatoms. The van der Waals surface area contributed by atoms with Gasteiger partial charge in [0.05, 0.1) is 11.4 Å². The number of amides is 1. The fourth-order valence-electron chi connectivity index (χ4n) is 4.24. The summed E-state index contributed by atoms with van der Waals surface area (Å²) in [5.41, 5.74) is 8.52. The maximum Gasteiger partial charge on any atom is 0.246 e. The molecule has 8 nitrogen and oxygen atoms in total. The Morgan fingerprint density at radius 2 is 1.82 bits per heavy atom. The van der Waals surface area contributed by atoms with E-state index < -0.39 is 0 Å². The zero-order chi connectivity index (χ0) is 22.8. The highest BCUT2D eigenvalue weighted by Gasteiger charge is 2.28. The second-order valence-electron chi connectivity index (χ2n) is 7.97. The second-order valence-corrected chi connectivity index (χ2v) is 7.97. The van der Waals surface area contributed by atoms with Crippen molar-refractivity contribution >= 4 is 39.7 Å². The Hall–Kier alpha value is -3.72. The number of aromatic nitrogens is 4. The summed E-state index contributed by atoms with van der Waals surface area (Å²) in [4.78, 5) is 22.7. The Balaban J connectivity index is 0.00000274. The van der Waals surface area contributed by atoms with Crippen LogP contribution in [0.15, 0.2) is 73.6 Å². The number of hydrogen-bond acceptors (Lipinski definition) is 6. The van der Waals surface area contributed by atoms with E-state index in [0.29, 0.717) is 35.6 Å². The van der Waals surface area contributed by atoms with Crippen molar-refractivity contribution in [2.24, 2.45) is 0 Å². The number of nitrogens with two attached hydrogens (primary N) is 1. The van der Waals surface area contributed by atoms with Gasteiger partial charge in [0.25, 0.3) is 0 Å². The van der Waals surface area contributed by atoms with E-state index in [2.05, 4.69) is 16.5 Å². The molecule has 1 aliphatic rings. The molecule has 1 fully saturated rings. The van der Waals surface area contributed by atoms with E-state index in [4.69, 9.17) is 15.6 Å². The molecular formula is C25H25BrN6O2. The number of benzene rings is 2. The number of rotatable bonds is 5. The van der Waals surface area contributed by atoms with Crippen molar-refractivity contribution in [3.63, 3.8) is 0 Å². The highest BCUT2D eigenvalue weighted by Crippen LogP contribution is 2.34. The predicted molar refractivity (Wildman–Crippen MR) is 137 cm³/mol. The van der Waals surface area contributed by atoms with Crippen LogP contribution in [0, 0.1) is 0 Å². The largest absolute Gasteiger partial charge is 0.457 e. The zero-order valence-corrected chi connectivity index (χ0v) is 20.2. The van der Waals surface area contributed by atoms with E-state index in [9.17, 15) is 4.79 Å².